The summed E-state index contributed by atoms with van der Waals surface area (Å²) in [6.07, 6.45) is 2.10. The number of benzene rings is 1. The molecule has 1 aliphatic heterocycles. The highest BCUT2D eigenvalue weighted by Crippen LogP contribution is 2.20. The van der Waals surface area contributed by atoms with Gasteiger partial charge in [0.05, 0.1) is 9.92 Å². The number of halogens is 2. The van der Waals surface area contributed by atoms with Gasteiger partial charge in [-0.2, -0.15) is 0 Å². The Hall–Kier alpha value is -0.690. The van der Waals surface area contributed by atoms with E-state index >= 15 is 0 Å². The Labute approximate surface area is 130 Å². The molecule has 7 heteroatoms. The molecule has 1 fully saturated rings. The summed E-state index contributed by atoms with van der Waals surface area (Å²) in [6, 6.07) is 3.43. The van der Waals surface area contributed by atoms with E-state index in [9.17, 15) is 12.8 Å². The molecule has 0 radical (unpaired) electrons. The van der Waals surface area contributed by atoms with Crippen molar-refractivity contribution in [3.05, 3.63) is 29.0 Å². The van der Waals surface area contributed by atoms with E-state index in [0.717, 1.165) is 44.6 Å². The first kappa shape index (κ1) is 16.7. The summed E-state index contributed by atoms with van der Waals surface area (Å²) in [5.41, 5.74) is 0. The summed E-state index contributed by atoms with van der Waals surface area (Å²) < 4.78 is 40.1. The number of likely N-dealkylation sites (tertiary alicyclic amines) is 1. The molecule has 0 spiro atoms. The number of sulfonamides is 1. The number of nitrogens with one attached hydrogen (secondary N) is 1. The third-order valence-electron chi connectivity index (χ3n) is 3.81. The monoisotopic (exact) mass is 334 g/mol. The lowest BCUT2D eigenvalue weighted by atomic mass is 9.98. The Kier molecular flexibility index (Phi) is 5.60. The molecular weight excluding hydrogens is 315 g/mol. The first-order chi connectivity index (χ1) is 9.92. The van der Waals surface area contributed by atoms with Crippen LogP contribution >= 0.6 is 11.6 Å². The number of rotatable bonds is 5. The molecule has 1 aromatic rings. The van der Waals surface area contributed by atoms with Gasteiger partial charge in [0.1, 0.15) is 5.82 Å². The fourth-order valence-electron chi connectivity index (χ4n) is 2.56. The second kappa shape index (κ2) is 7.05. The highest BCUT2D eigenvalue weighted by molar-refractivity contribution is 7.89. The van der Waals surface area contributed by atoms with Gasteiger partial charge in [-0.25, -0.2) is 17.5 Å². The molecule has 1 N–H and O–H groups in total. The largest absolute Gasteiger partial charge is 0.303 e. The summed E-state index contributed by atoms with van der Waals surface area (Å²) in [5, 5.41) is -0.187. The van der Waals surface area contributed by atoms with E-state index in [0.29, 0.717) is 12.5 Å². The quantitative estimate of drug-likeness (QED) is 0.900. The van der Waals surface area contributed by atoms with Crippen molar-refractivity contribution in [2.24, 2.45) is 5.92 Å². The lowest BCUT2D eigenvalue weighted by molar-refractivity contribution is 0.184. The van der Waals surface area contributed by atoms with Crippen molar-refractivity contribution in [2.75, 3.05) is 26.2 Å². The summed E-state index contributed by atoms with van der Waals surface area (Å²) in [7, 11) is -3.64. The van der Waals surface area contributed by atoms with Gasteiger partial charge in [0.25, 0.3) is 0 Å². The highest BCUT2D eigenvalue weighted by atomic mass is 35.5. The van der Waals surface area contributed by atoms with Crippen molar-refractivity contribution in [1.29, 1.82) is 0 Å². The van der Waals surface area contributed by atoms with Crippen molar-refractivity contribution in [3.63, 3.8) is 0 Å². The predicted molar refractivity (Wildman–Crippen MR) is 81.4 cm³/mol. The SMILES string of the molecule is CCN1CCC[C@@H](CNS(=O)(=O)c2ccc(F)c(Cl)c2)C1. The minimum absolute atomic E-state index is 0.00272. The molecule has 1 saturated heterocycles. The standard InChI is InChI=1S/C14H20ClFN2O2S/c1-2-18-7-3-4-11(10-18)9-17-21(19,20)12-5-6-14(16)13(15)8-12/h5-6,8,11,17H,2-4,7,9-10H2,1H3/t11-/m0/s1. The van der Waals surface area contributed by atoms with Gasteiger partial charge in [0.2, 0.25) is 10.0 Å². The number of hydrogen-bond acceptors (Lipinski definition) is 3. The third-order valence-corrected chi connectivity index (χ3v) is 5.52. The Bertz CT molecular complexity index is 595. The van der Waals surface area contributed by atoms with Gasteiger partial charge in [0.15, 0.2) is 0 Å². The first-order valence-electron chi connectivity index (χ1n) is 7.09. The second-order valence-corrected chi connectivity index (χ2v) is 7.50. The van der Waals surface area contributed by atoms with Crippen LogP contribution in [0.2, 0.25) is 5.02 Å². The Morgan fingerprint density at radius 2 is 2.24 bits per heavy atom. The van der Waals surface area contributed by atoms with Crippen molar-refractivity contribution in [1.82, 2.24) is 9.62 Å². The maximum atomic E-state index is 13.1. The molecule has 0 amide bonds. The van der Waals surface area contributed by atoms with Gasteiger partial charge < -0.3 is 4.90 Å². The Morgan fingerprint density at radius 3 is 2.90 bits per heavy atom. The van der Waals surface area contributed by atoms with Crippen LogP contribution in [0.15, 0.2) is 23.1 Å². The molecule has 0 aliphatic carbocycles. The highest BCUT2D eigenvalue weighted by Gasteiger charge is 2.22. The molecular formula is C14H20ClFN2O2S. The molecule has 21 heavy (non-hydrogen) atoms. The van der Waals surface area contributed by atoms with Crippen LogP contribution in [-0.4, -0.2) is 39.5 Å². The van der Waals surface area contributed by atoms with Gasteiger partial charge in [0, 0.05) is 13.1 Å². The summed E-state index contributed by atoms with van der Waals surface area (Å²) >= 11 is 5.63. The fourth-order valence-corrected chi connectivity index (χ4v) is 3.95. The number of hydrogen-bond donors (Lipinski definition) is 1. The van der Waals surface area contributed by atoms with Crippen molar-refractivity contribution in [2.45, 2.75) is 24.7 Å². The topological polar surface area (TPSA) is 49.4 Å². The van der Waals surface area contributed by atoms with Gasteiger partial charge in [-0.3, -0.25) is 0 Å². The van der Waals surface area contributed by atoms with Crippen LogP contribution in [0.25, 0.3) is 0 Å². The van der Waals surface area contributed by atoms with Crippen LogP contribution in [0.3, 0.4) is 0 Å². The van der Waals surface area contributed by atoms with E-state index < -0.39 is 15.8 Å². The zero-order chi connectivity index (χ0) is 15.5. The molecule has 4 nitrogen and oxygen atoms in total. The second-order valence-electron chi connectivity index (χ2n) is 5.33. The minimum atomic E-state index is -3.64. The lowest BCUT2D eigenvalue weighted by Crippen LogP contribution is -2.40. The zero-order valence-electron chi connectivity index (χ0n) is 12.0. The summed E-state index contributed by atoms with van der Waals surface area (Å²) in [4.78, 5) is 2.31. The molecule has 0 aromatic heterocycles. The molecule has 0 unspecified atom stereocenters. The van der Waals surface area contributed by atoms with Gasteiger partial charge in [-0.1, -0.05) is 18.5 Å². The fraction of sp³-hybridized carbons (Fsp3) is 0.571. The Morgan fingerprint density at radius 1 is 1.48 bits per heavy atom. The normalized spacial score (nSPS) is 20.6. The Balaban J connectivity index is 1.99. The number of piperidine rings is 1. The lowest BCUT2D eigenvalue weighted by Gasteiger charge is -2.31. The predicted octanol–water partition coefficient (Wildman–Crippen LogP) is 2.49. The van der Waals surface area contributed by atoms with Crippen LogP contribution in [0, 0.1) is 11.7 Å². The van der Waals surface area contributed by atoms with Gasteiger partial charge in [-0.05, 0) is 50.0 Å². The maximum Gasteiger partial charge on any atom is 0.240 e. The van der Waals surface area contributed by atoms with Crippen LogP contribution in [0.4, 0.5) is 4.39 Å². The summed E-state index contributed by atoms with van der Waals surface area (Å²) in [5.74, 6) is -0.314. The van der Waals surface area contributed by atoms with Crippen LogP contribution < -0.4 is 4.72 Å². The molecule has 118 valence electrons. The average molecular weight is 335 g/mol. The average Bonchev–Trinajstić information content (AvgIpc) is 2.48. The van der Waals surface area contributed by atoms with Crippen LogP contribution in [0.1, 0.15) is 19.8 Å². The molecule has 1 atom stereocenters. The van der Waals surface area contributed by atoms with Crippen molar-refractivity contribution in [3.8, 4) is 0 Å². The van der Waals surface area contributed by atoms with E-state index in [2.05, 4.69) is 16.5 Å². The van der Waals surface area contributed by atoms with Crippen LogP contribution in [0.5, 0.6) is 0 Å². The third kappa shape index (κ3) is 4.39. The number of nitrogens with zero attached hydrogens (tertiary/aromatic N) is 1. The van der Waals surface area contributed by atoms with Crippen molar-refractivity contribution < 1.29 is 12.8 Å². The molecule has 1 aromatic carbocycles. The van der Waals surface area contributed by atoms with E-state index in [1.807, 2.05) is 0 Å². The minimum Gasteiger partial charge on any atom is -0.303 e. The molecule has 2 rings (SSSR count). The van der Waals surface area contributed by atoms with E-state index in [4.69, 9.17) is 11.6 Å². The van der Waals surface area contributed by atoms with E-state index in [-0.39, 0.29) is 9.92 Å². The van der Waals surface area contributed by atoms with E-state index in [1.54, 1.807) is 0 Å². The van der Waals surface area contributed by atoms with Crippen LogP contribution in [-0.2, 0) is 10.0 Å². The smallest absolute Gasteiger partial charge is 0.240 e. The van der Waals surface area contributed by atoms with Crippen molar-refractivity contribution >= 4 is 21.6 Å². The zero-order valence-corrected chi connectivity index (χ0v) is 13.6. The molecule has 0 saturated carbocycles. The molecule has 1 heterocycles. The molecule has 0 bridgehead atoms. The maximum absolute atomic E-state index is 13.1. The molecule has 1 aliphatic rings. The first-order valence-corrected chi connectivity index (χ1v) is 8.95. The van der Waals surface area contributed by atoms with E-state index in [1.165, 1.54) is 6.07 Å². The van der Waals surface area contributed by atoms with Gasteiger partial charge in [-0.15, -0.1) is 0 Å². The van der Waals surface area contributed by atoms with Gasteiger partial charge >= 0.3 is 0 Å². The summed E-state index contributed by atoms with van der Waals surface area (Å²) in [6.45, 7) is 5.47.